The van der Waals surface area contributed by atoms with Gasteiger partial charge in [0.15, 0.2) is 0 Å². The molecule has 0 unspecified atom stereocenters. The van der Waals surface area contributed by atoms with Crippen LogP contribution in [0.3, 0.4) is 0 Å². The molecule has 1 N–H and O–H groups in total. The molecule has 3 nitrogen and oxygen atoms in total. The van der Waals surface area contributed by atoms with E-state index in [-0.39, 0.29) is 0 Å². The first-order valence-corrected chi connectivity index (χ1v) is 7.75. The number of pyridine rings is 1. The fraction of sp³-hybridized carbons (Fsp3) is 0.688. The van der Waals surface area contributed by atoms with Gasteiger partial charge in [-0.3, -0.25) is 0 Å². The maximum Gasteiger partial charge on any atom is 0.128 e. The van der Waals surface area contributed by atoms with Crippen molar-refractivity contribution in [2.24, 2.45) is 5.92 Å². The van der Waals surface area contributed by atoms with Crippen LogP contribution < -0.4 is 10.2 Å². The van der Waals surface area contributed by atoms with Crippen molar-refractivity contribution in [3.8, 4) is 0 Å². The molecule has 19 heavy (non-hydrogen) atoms. The number of aromatic nitrogens is 1. The second-order valence-electron chi connectivity index (χ2n) is 5.49. The number of anilines is 1. The van der Waals surface area contributed by atoms with Gasteiger partial charge in [-0.05, 0) is 37.4 Å². The zero-order valence-corrected chi connectivity index (χ0v) is 12.4. The van der Waals surface area contributed by atoms with Crippen LogP contribution in [-0.2, 0) is 6.54 Å². The summed E-state index contributed by atoms with van der Waals surface area (Å²) in [4.78, 5) is 7.21. The van der Waals surface area contributed by atoms with Crippen molar-refractivity contribution in [2.45, 2.75) is 46.1 Å². The molecule has 1 aliphatic heterocycles. The molecule has 2 rings (SSSR count). The number of nitrogens with zero attached hydrogens (tertiary/aromatic N) is 2. The average Bonchev–Trinajstić information content (AvgIpc) is 2.46. The topological polar surface area (TPSA) is 28.2 Å². The Labute approximate surface area is 117 Å². The van der Waals surface area contributed by atoms with Crippen LogP contribution in [0.5, 0.6) is 0 Å². The van der Waals surface area contributed by atoms with Crippen LogP contribution in [0.25, 0.3) is 0 Å². The van der Waals surface area contributed by atoms with Gasteiger partial charge in [-0.1, -0.05) is 32.8 Å². The van der Waals surface area contributed by atoms with Crippen molar-refractivity contribution >= 4 is 5.82 Å². The lowest BCUT2D eigenvalue weighted by atomic mass is 9.92. The van der Waals surface area contributed by atoms with Gasteiger partial charge in [0.2, 0.25) is 0 Å². The summed E-state index contributed by atoms with van der Waals surface area (Å²) in [5, 5.41) is 3.34. The van der Waals surface area contributed by atoms with E-state index in [4.69, 9.17) is 4.98 Å². The molecule has 2 heterocycles. The Balaban J connectivity index is 1.91. The van der Waals surface area contributed by atoms with Gasteiger partial charge >= 0.3 is 0 Å². The Hall–Kier alpha value is -1.09. The first kappa shape index (κ1) is 14.3. The number of hydrogen-bond donors (Lipinski definition) is 1. The Kier molecular flexibility index (Phi) is 5.64. The monoisotopic (exact) mass is 261 g/mol. The Morgan fingerprint density at radius 2 is 2.05 bits per heavy atom. The van der Waals surface area contributed by atoms with Gasteiger partial charge in [-0.15, -0.1) is 0 Å². The minimum Gasteiger partial charge on any atom is -0.357 e. The Morgan fingerprint density at radius 1 is 1.26 bits per heavy atom. The second kappa shape index (κ2) is 7.49. The predicted octanol–water partition coefficient (Wildman–Crippen LogP) is 3.21. The summed E-state index contributed by atoms with van der Waals surface area (Å²) in [5.74, 6) is 2.09. The molecule has 0 radical (unpaired) electrons. The van der Waals surface area contributed by atoms with E-state index in [1.165, 1.54) is 38.8 Å². The molecule has 0 aromatic carbocycles. The van der Waals surface area contributed by atoms with E-state index in [0.717, 1.165) is 30.5 Å². The minimum atomic E-state index is 0.872. The second-order valence-corrected chi connectivity index (χ2v) is 5.49. The molecule has 1 saturated heterocycles. The largest absolute Gasteiger partial charge is 0.357 e. The van der Waals surface area contributed by atoms with Crippen molar-refractivity contribution in [3.05, 3.63) is 23.9 Å². The van der Waals surface area contributed by atoms with Gasteiger partial charge in [0.25, 0.3) is 0 Å². The summed E-state index contributed by atoms with van der Waals surface area (Å²) >= 11 is 0. The summed E-state index contributed by atoms with van der Waals surface area (Å²) in [6, 6.07) is 6.39. The van der Waals surface area contributed by atoms with Crippen LogP contribution in [0.4, 0.5) is 5.82 Å². The van der Waals surface area contributed by atoms with E-state index in [1.807, 2.05) is 0 Å². The molecular formula is C16H27N3. The number of nitrogens with one attached hydrogen (secondary N) is 1. The highest BCUT2D eigenvalue weighted by Gasteiger charge is 2.19. The molecule has 1 aliphatic rings. The highest BCUT2D eigenvalue weighted by Crippen LogP contribution is 2.24. The van der Waals surface area contributed by atoms with Gasteiger partial charge in [-0.25, -0.2) is 4.98 Å². The molecule has 0 aliphatic carbocycles. The number of rotatable bonds is 6. The van der Waals surface area contributed by atoms with Gasteiger partial charge in [0.05, 0.1) is 5.69 Å². The summed E-state index contributed by atoms with van der Waals surface area (Å²) < 4.78 is 0. The summed E-state index contributed by atoms with van der Waals surface area (Å²) in [7, 11) is 0. The predicted molar refractivity (Wildman–Crippen MR) is 81.5 cm³/mol. The number of hydrogen-bond acceptors (Lipinski definition) is 3. The maximum absolute atomic E-state index is 4.77. The van der Waals surface area contributed by atoms with Crippen molar-refractivity contribution < 1.29 is 0 Å². The van der Waals surface area contributed by atoms with Crippen LogP contribution in [0.2, 0.25) is 0 Å². The first-order valence-electron chi connectivity index (χ1n) is 7.75. The molecule has 0 atom stereocenters. The van der Waals surface area contributed by atoms with Gasteiger partial charge in [0.1, 0.15) is 5.82 Å². The van der Waals surface area contributed by atoms with Crippen LogP contribution in [0.1, 0.15) is 45.2 Å². The highest BCUT2D eigenvalue weighted by atomic mass is 15.2. The number of piperidine rings is 1. The fourth-order valence-electron chi connectivity index (χ4n) is 2.85. The van der Waals surface area contributed by atoms with E-state index in [0.29, 0.717) is 0 Å². The lowest BCUT2D eigenvalue weighted by Crippen LogP contribution is -2.34. The van der Waals surface area contributed by atoms with E-state index in [2.05, 4.69) is 42.3 Å². The third kappa shape index (κ3) is 4.20. The summed E-state index contributed by atoms with van der Waals surface area (Å²) in [6.45, 7) is 8.62. The van der Waals surface area contributed by atoms with Crippen molar-refractivity contribution in [2.75, 3.05) is 24.5 Å². The molecular weight excluding hydrogens is 234 g/mol. The van der Waals surface area contributed by atoms with Crippen LogP contribution in [0.15, 0.2) is 18.2 Å². The van der Waals surface area contributed by atoms with Gasteiger partial charge < -0.3 is 10.2 Å². The normalized spacial score (nSPS) is 16.8. The van der Waals surface area contributed by atoms with E-state index < -0.39 is 0 Å². The molecule has 1 aromatic heterocycles. The van der Waals surface area contributed by atoms with Crippen molar-refractivity contribution in [1.82, 2.24) is 10.3 Å². The lowest BCUT2D eigenvalue weighted by Gasteiger charge is -2.33. The van der Waals surface area contributed by atoms with Crippen molar-refractivity contribution in [3.63, 3.8) is 0 Å². The Bertz CT molecular complexity index is 370. The molecule has 3 heteroatoms. The van der Waals surface area contributed by atoms with Gasteiger partial charge in [-0.2, -0.15) is 0 Å². The van der Waals surface area contributed by atoms with Crippen LogP contribution in [0, 0.1) is 5.92 Å². The quantitative estimate of drug-likeness (QED) is 0.852. The molecule has 0 bridgehead atoms. The smallest absolute Gasteiger partial charge is 0.128 e. The summed E-state index contributed by atoms with van der Waals surface area (Å²) in [5.41, 5.74) is 1.15. The fourth-order valence-corrected chi connectivity index (χ4v) is 2.85. The third-order valence-electron chi connectivity index (χ3n) is 3.98. The molecule has 0 spiro atoms. The van der Waals surface area contributed by atoms with Gasteiger partial charge in [0, 0.05) is 19.6 Å². The average molecular weight is 261 g/mol. The standard InChI is InChI=1S/C16H27N3/c1-3-6-14-9-11-19(12-10-14)16-8-5-7-15(18-16)13-17-4-2/h5,7-8,14,17H,3-4,6,9-13H2,1-2H3. The van der Waals surface area contributed by atoms with Crippen LogP contribution >= 0.6 is 0 Å². The molecule has 0 amide bonds. The zero-order chi connectivity index (χ0) is 13.5. The van der Waals surface area contributed by atoms with Crippen LogP contribution in [-0.4, -0.2) is 24.6 Å². The molecule has 1 fully saturated rings. The molecule has 106 valence electrons. The first-order chi connectivity index (χ1) is 9.33. The maximum atomic E-state index is 4.77. The van der Waals surface area contributed by atoms with E-state index in [9.17, 15) is 0 Å². The molecule has 0 saturated carbocycles. The van der Waals surface area contributed by atoms with Crippen molar-refractivity contribution in [1.29, 1.82) is 0 Å². The Morgan fingerprint density at radius 3 is 2.74 bits per heavy atom. The molecule has 1 aromatic rings. The van der Waals surface area contributed by atoms with E-state index >= 15 is 0 Å². The minimum absolute atomic E-state index is 0.872. The highest BCUT2D eigenvalue weighted by molar-refractivity contribution is 5.39. The lowest BCUT2D eigenvalue weighted by molar-refractivity contribution is 0.377. The third-order valence-corrected chi connectivity index (χ3v) is 3.98. The van der Waals surface area contributed by atoms with E-state index in [1.54, 1.807) is 0 Å². The summed E-state index contributed by atoms with van der Waals surface area (Å²) in [6.07, 6.45) is 5.36. The zero-order valence-electron chi connectivity index (χ0n) is 12.4. The SMILES string of the molecule is CCCC1CCN(c2cccc(CNCC)n2)CC1.